The van der Waals surface area contributed by atoms with Crippen LogP contribution in [0.2, 0.25) is 0 Å². The van der Waals surface area contributed by atoms with E-state index in [1.165, 1.54) is 5.56 Å². The van der Waals surface area contributed by atoms with Gasteiger partial charge in [0.1, 0.15) is 5.75 Å². The summed E-state index contributed by atoms with van der Waals surface area (Å²) in [6.07, 6.45) is 1.10. The highest BCUT2D eigenvalue weighted by Crippen LogP contribution is 2.32. The van der Waals surface area contributed by atoms with Gasteiger partial charge in [0.2, 0.25) is 0 Å². The lowest BCUT2D eigenvalue weighted by Crippen LogP contribution is -2.27. The van der Waals surface area contributed by atoms with Crippen molar-refractivity contribution in [2.24, 2.45) is 0 Å². The molecule has 3 nitrogen and oxygen atoms in total. The van der Waals surface area contributed by atoms with Gasteiger partial charge >= 0.3 is 0 Å². The molecule has 0 radical (unpaired) electrons. The Kier molecular flexibility index (Phi) is 2.59. The van der Waals surface area contributed by atoms with Gasteiger partial charge in [-0.3, -0.25) is 0 Å². The average Bonchev–Trinajstić information content (AvgIpc) is 2.18. The van der Waals surface area contributed by atoms with E-state index in [1.54, 1.807) is 12.1 Å². The van der Waals surface area contributed by atoms with E-state index >= 15 is 0 Å². The third-order valence-electron chi connectivity index (χ3n) is 2.61. The van der Waals surface area contributed by atoms with Gasteiger partial charge in [-0.2, -0.15) is 0 Å². The second-order valence-electron chi connectivity index (χ2n) is 3.60. The first kappa shape index (κ1) is 9.34. The van der Waals surface area contributed by atoms with Crippen molar-refractivity contribution >= 4 is 5.69 Å². The number of nitrogens with one attached hydrogen (secondary N) is 2. The molecule has 0 saturated heterocycles. The minimum absolute atomic E-state index is 0.327. The van der Waals surface area contributed by atoms with E-state index < -0.39 is 0 Å². The third kappa shape index (κ3) is 1.68. The molecule has 1 aromatic carbocycles. The Labute approximate surface area is 84.1 Å². The highest BCUT2D eigenvalue weighted by Gasteiger charge is 2.18. The number of fused-ring (bicyclic) bond motifs is 1. The number of phenolic OH excluding ortho intramolecular Hbond substituents is 1. The Morgan fingerprint density at radius 1 is 1.57 bits per heavy atom. The van der Waals surface area contributed by atoms with Crippen LogP contribution in [-0.2, 0) is 0 Å². The number of benzene rings is 1. The van der Waals surface area contributed by atoms with Crippen LogP contribution >= 0.6 is 0 Å². The van der Waals surface area contributed by atoms with E-state index in [9.17, 15) is 5.11 Å². The molecule has 1 aliphatic rings. The van der Waals surface area contributed by atoms with Crippen molar-refractivity contribution < 1.29 is 5.11 Å². The van der Waals surface area contributed by atoms with E-state index in [0.29, 0.717) is 11.8 Å². The number of phenols is 1. The van der Waals surface area contributed by atoms with Crippen LogP contribution < -0.4 is 10.6 Å². The maximum Gasteiger partial charge on any atom is 0.117 e. The predicted octanol–water partition coefficient (Wildman–Crippen LogP) is 1.86. The average molecular weight is 192 g/mol. The van der Waals surface area contributed by atoms with Crippen LogP contribution in [0.1, 0.15) is 24.9 Å². The first-order valence-electron chi connectivity index (χ1n) is 5.11. The molecule has 1 unspecified atom stereocenters. The van der Waals surface area contributed by atoms with Gasteiger partial charge in [-0.1, -0.05) is 13.0 Å². The summed E-state index contributed by atoms with van der Waals surface area (Å²) in [5, 5.41) is 16.1. The number of rotatable bonds is 2. The van der Waals surface area contributed by atoms with Crippen molar-refractivity contribution in [3.63, 3.8) is 0 Å². The summed E-state index contributed by atoms with van der Waals surface area (Å²) < 4.78 is 0. The normalized spacial score (nSPS) is 19.9. The summed E-state index contributed by atoms with van der Waals surface area (Å²) in [5.74, 6) is 0.327. The van der Waals surface area contributed by atoms with Crippen LogP contribution in [-0.4, -0.2) is 18.2 Å². The van der Waals surface area contributed by atoms with Crippen molar-refractivity contribution in [3.8, 4) is 5.75 Å². The van der Waals surface area contributed by atoms with Gasteiger partial charge in [0, 0.05) is 24.3 Å². The Morgan fingerprint density at radius 2 is 2.43 bits per heavy atom. The topological polar surface area (TPSA) is 44.3 Å². The van der Waals surface area contributed by atoms with Crippen LogP contribution in [0, 0.1) is 0 Å². The molecule has 0 fully saturated rings. The Hall–Kier alpha value is -1.22. The second-order valence-corrected chi connectivity index (χ2v) is 3.60. The molecule has 2 rings (SSSR count). The summed E-state index contributed by atoms with van der Waals surface area (Å²) in [7, 11) is 0. The van der Waals surface area contributed by atoms with Crippen LogP contribution in [0.5, 0.6) is 5.75 Å². The molecule has 0 aromatic heterocycles. The molecule has 76 valence electrons. The lowest BCUT2D eigenvalue weighted by molar-refractivity contribution is 0.472. The van der Waals surface area contributed by atoms with Crippen molar-refractivity contribution in [2.45, 2.75) is 19.4 Å². The maximum absolute atomic E-state index is 9.34. The van der Waals surface area contributed by atoms with Crippen LogP contribution in [0.4, 0.5) is 5.69 Å². The molecule has 1 atom stereocenters. The molecule has 1 heterocycles. The van der Waals surface area contributed by atoms with E-state index in [0.717, 1.165) is 25.2 Å². The maximum atomic E-state index is 9.34. The largest absolute Gasteiger partial charge is 0.508 e. The van der Waals surface area contributed by atoms with Crippen molar-refractivity contribution in [1.29, 1.82) is 0 Å². The van der Waals surface area contributed by atoms with Gasteiger partial charge in [-0.15, -0.1) is 0 Å². The van der Waals surface area contributed by atoms with E-state index in [1.807, 2.05) is 6.07 Å². The Balaban J connectivity index is 2.30. The first-order chi connectivity index (χ1) is 6.81. The summed E-state index contributed by atoms with van der Waals surface area (Å²) >= 11 is 0. The molecule has 3 heteroatoms. The summed E-state index contributed by atoms with van der Waals surface area (Å²) in [5.41, 5.74) is 2.32. The molecule has 0 bridgehead atoms. The third-order valence-corrected chi connectivity index (χ3v) is 2.61. The van der Waals surface area contributed by atoms with Gasteiger partial charge in [-0.25, -0.2) is 0 Å². The number of hydrogen-bond donors (Lipinski definition) is 3. The molecule has 14 heavy (non-hydrogen) atoms. The van der Waals surface area contributed by atoms with Gasteiger partial charge in [0.05, 0.1) is 0 Å². The molecule has 0 aliphatic carbocycles. The Bertz CT molecular complexity index is 325. The summed E-state index contributed by atoms with van der Waals surface area (Å²) in [6, 6.07) is 5.95. The smallest absolute Gasteiger partial charge is 0.117 e. The van der Waals surface area contributed by atoms with E-state index in [4.69, 9.17) is 0 Å². The molecule has 1 aliphatic heterocycles. The molecule has 0 amide bonds. The van der Waals surface area contributed by atoms with Gasteiger partial charge in [0.15, 0.2) is 0 Å². The molecule has 0 saturated carbocycles. The molecule has 0 spiro atoms. The summed E-state index contributed by atoms with van der Waals surface area (Å²) in [6.45, 7) is 4.06. The Morgan fingerprint density at radius 3 is 3.21 bits per heavy atom. The standard InChI is InChI=1S/C11H16N2O/c1-2-12-10-5-6-13-11-7-8(14)3-4-9(10)11/h3-4,7,10,12-14H,2,5-6H2,1H3. The number of hydrogen-bond acceptors (Lipinski definition) is 3. The quantitative estimate of drug-likeness (QED) is 0.670. The molecule has 1 aromatic rings. The lowest BCUT2D eigenvalue weighted by Gasteiger charge is -2.27. The van der Waals surface area contributed by atoms with Crippen molar-refractivity contribution in [1.82, 2.24) is 5.32 Å². The lowest BCUT2D eigenvalue weighted by atomic mass is 9.98. The minimum Gasteiger partial charge on any atom is -0.508 e. The van der Waals surface area contributed by atoms with Gasteiger partial charge in [-0.05, 0) is 24.6 Å². The van der Waals surface area contributed by atoms with Gasteiger partial charge in [0.25, 0.3) is 0 Å². The fraction of sp³-hybridized carbons (Fsp3) is 0.455. The fourth-order valence-electron chi connectivity index (χ4n) is 1.97. The predicted molar refractivity (Wildman–Crippen MR) is 57.6 cm³/mol. The second kappa shape index (κ2) is 3.88. The fourth-order valence-corrected chi connectivity index (χ4v) is 1.97. The minimum atomic E-state index is 0.327. The van der Waals surface area contributed by atoms with Crippen molar-refractivity contribution in [2.75, 3.05) is 18.4 Å². The zero-order valence-corrected chi connectivity index (χ0v) is 8.38. The summed E-state index contributed by atoms with van der Waals surface area (Å²) in [4.78, 5) is 0. The monoisotopic (exact) mass is 192 g/mol. The van der Waals surface area contributed by atoms with Crippen molar-refractivity contribution in [3.05, 3.63) is 23.8 Å². The highest BCUT2D eigenvalue weighted by atomic mass is 16.3. The van der Waals surface area contributed by atoms with Crippen LogP contribution in [0.25, 0.3) is 0 Å². The van der Waals surface area contributed by atoms with Gasteiger partial charge < -0.3 is 15.7 Å². The highest BCUT2D eigenvalue weighted by molar-refractivity contribution is 5.57. The van der Waals surface area contributed by atoms with Crippen LogP contribution in [0.15, 0.2) is 18.2 Å². The van der Waals surface area contributed by atoms with E-state index in [-0.39, 0.29) is 0 Å². The zero-order valence-electron chi connectivity index (χ0n) is 8.38. The first-order valence-corrected chi connectivity index (χ1v) is 5.11. The number of anilines is 1. The molecular weight excluding hydrogens is 176 g/mol. The SMILES string of the molecule is CCNC1CCNc2cc(O)ccc21. The zero-order chi connectivity index (χ0) is 9.97. The molecule has 3 N–H and O–H groups in total. The molecular formula is C11H16N2O. The van der Waals surface area contributed by atoms with E-state index in [2.05, 4.69) is 17.6 Å². The number of aromatic hydroxyl groups is 1. The van der Waals surface area contributed by atoms with Crippen LogP contribution in [0.3, 0.4) is 0 Å².